The second-order valence-electron chi connectivity index (χ2n) is 15.9. The number of halogens is 1. The van der Waals surface area contributed by atoms with Gasteiger partial charge in [0.2, 0.25) is 0 Å². The van der Waals surface area contributed by atoms with Crippen molar-refractivity contribution in [3.8, 4) is 34.1 Å². The minimum Gasteiger partial charge on any atom is -0.505 e. The number of hydrogen-bond acceptors (Lipinski definition) is 11. The van der Waals surface area contributed by atoms with Crippen molar-refractivity contribution in [3.05, 3.63) is 71.3 Å². The number of aldehydes is 1. The molecule has 290 valence electrons. The molecule has 2 bridgehead atoms. The summed E-state index contributed by atoms with van der Waals surface area (Å²) in [5.41, 5.74) is 6.14. The van der Waals surface area contributed by atoms with Crippen LogP contribution >= 0.6 is 0 Å². The number of nitrogens with zero attached hydrogens (tertiary/aromatic N) is 7. The van der Waals surface area contributed by atoms with E-state index in [4.69, 9.17) is 19.4 Å². The summed E-state index contributed by atoms with van der Waals surface area (Å²) >= 11 is 0. The smallest absolute Gasteiger partial charge is 0.319 e. The monoisotopic (exact) mass is 759 g/mol. The van der Waals surface area contributed by atoms with Crippen LogP contribution in [0.5, 0.6) is 11.8 Å². The van der Waals surface area contributed by atoms with Crippen molar-refractivity contribution in [1.29, 1.82) is 0 Å². The molecule has 5 heterocycles. The van der Waals surface area contributed by atoms with Crippen LogP contribution in [-0.4, -0.2) is 91.5 Å². The van der Waals surface area contributed by atoms with Gasteiger partial charge in [-0.25, -0.2) is 9.07 Å². The summed E-state index contributed by atoms with van der Waals surface area (Å²) in [5.74, 6) is 0.649. The van der Waals surface area contributed by atoms with Gasteiger partial charge in [-0.05, 0) is 79.7 Å². The SMILES string of the molecule is CO[C@@H](C)COc1nc(N2CC3CC2CN3)c2cc(C3CC3)c(-c3c(CCc4ccc(-c5cn(C(C=O)C(C)C)nn5)cc4)c(F)cc4[nH]ncc34)c(O)c2n1. The Hall–Kier alpha value is -5.47. The molecule has 9 rings (SSSR count). The quantitative estimate of drug-likeness (QED) is 0.107. The van der Waals surface area contributed by atoms with Gasteiger partial charge in [-0.15, -0.1) is 5.10 Å². The molecular weight excluding hydrogens is 714 g/mol. The van der Waals surface area contributed by atoms with E-state index in [1.807, 2.05) is 45.0 Å². The number of phenols is 1. The molecule has 3 N–H and O–H groups in total. The summed E-state index contributed by atoms with van der Waals surface area (Å²) in [4.78, 5) is 23.8. The first-order valence-electron chi connectivity index (χ1n) is 19.5. The van der Waals surface area contributed by atoms with Gasteiger partial charge in [-0.3, -0.25) is 5.10 Å². The van der Waals surface area contributed by atoms with Crippen molar-refractivity contribution in [2.75, 3.05) is 31.7 Å². The van der Waals surface area contributed by atoms with Crippen LogP contribution in [-0.2, 0) is 22.4 Å². The maximum atomic E-state index is 16.5. The second-order valence-corrected chi connectivity index (χ2v) is 15.9. The number of fused-ring (bicyclic) bond motifs is 4. The minimum absolute atomic E-state index is 0.0128. The molecule has 3 aromatic carbocycles. The fourth-order valence-corrected chi connectivity index (χ4v) is 8.40. The lowest BCUT2D eigenvalue weighted by atomic mass is 9.86. The fourth-order valence-electron chi connectivity index (χ4n) is 8.40. The number of carbonyl (C=O) groups excluding carboxylic acids is 1. The average molecular weight is 760 g/mol. The highest BCUT2D eigenvalue weighted by molar-refractivity contribution is 6.06. The van der Waals surface area contributed by atoms with Crippen molar-refractivity contribution in [2.24, 2.45) is 5.92 Å². The van der Waals surface area contributed by atoms with Gasteiger partial charge in [0.15, 0.2) is 0 Å². The summed E-state index contributed by atoms with van der Waals surface area (Å²) in [5, 5.41) is 33.4. The Bertz CT molecular complexity index is 2430. The van der Waals surface area contributed by atoms with Crippen LogP contribution in [0.4, 0.5) is 10.2 Å². The number of piperazine rings is 1. The molecule has 3 aromatic heterocycles. The molecule has 3 unspecified atom stereocenters. The molecule has 14 heteroatoms. The number of rotatable bonds is 14. The third-order valence-electron chi connectivity index (χ3n) is 11.8. The van der Waals surface area contributed by atoms with E-state index < -0.39 is 0 Å². The molecule has 1 saturated carbocycles. The highest BCUT2D eigenvalue weighted by atomic mass is 19.1. The van der Waals surface area contributed by atoms with E-state index in [-0.39, 0.29) is 54.2 Å². The predicted octanol–water partition coefficient (Wildman–Crippen LogP) is 6.30. The van der Waals surface area contributed by atoms with Gasteiger partial charge in [-0.1, -0.05) is 43.3 Å². The lowest BCUT2D eigenvalue weighted by Crippen LogP contribution is -2.44. The first-order valence-corrected chi connectivity index (χ1v) is 19.5. The zero-order valence-electron chi connectivity index (χ0n) is 32.0. The normalized spacial score (nSPS) is 19.1. The van der Waals surface area contributed by atoms with Crippen LogP contribution in [0.3, 0.4) is 0 Å². The van der Waals surface area contributed by atoms with Crippen molar-refractivity contribution < 1.29 is 23.8 Å². The second kappa shape index (κ2) is 14.6. The van der Waals surface area contributed by atoms with Crippen molar-refractivity contribution in [3.63, 3.8) is 0 Å². The van der Waals surface area contributed by atoms with Crippen LogP contribution < -0.4 is 15.0 Å². The predicted molar refractivity (Wildman–Crippen MR) is 211 cm³/mol. The zero-order valence-corrected chi connectivity index (χ0v) is 32.0. The van der Waals surface area contributed by atoms with E-state index in [1.165, 1.54) is 6.07 Å². The number of aryl methyl sites for hydroxylation is 1. The lowest BCUT2D eigenvalue weighted by molar-refractivity contribution is -0.111. The Balaban J connectivity index is 1.12. The first-order chi connectivity index (χ1) is 27.2. The first kappa shape index (κ1) is 36.2. The molecule has 0 radical (unpaired) electrons. The maximum absolute atomic E-state index is 16.5. The number of hydrogen-bond donors (Lipinski definition) is 3. The molecule has 2 aliphatic heterocycles. The third-order valence-corrected chi connectivity index (χ3v) is 11.8. The summed E-state index contributed by atoms with van der Waals surface area (Å²) in [7, 11) is 1.63. The molecule has 6 aromatic rings. The lowest BCUT2D eigenvalue weighted by Gasteiger charge is -2.30. The Kier molecular flexibility index (Phi) is 9.40. The van der Waals surface area contributed by atoms with Crippen LogP contribution in [0, 0.1) is 11.7 Å². The van der Waals surface area contributed by atoms with Crippen molar-refractivity contribution in [2.45, 2.75) is 83.0 Å². The van der Waals surface area contributed by atoms with Crippen molar-refractivity contribution >= 4 is 33.9 Å². The number of nitrogens with one attached hydrogen (secondary N) is 2. The van der Waals surface area contributed by atoms with Crippen LogP contribution in [0.2, 0.25) is 0 Å². The number of carbonyl (C=O) groups is 1. The highest BCUT2D eigenvalue weighted by Gasteiger charge is 2.40. The molecule has 1 aliphatic carbocycles. The summed E-state index contributed by atoms with van der Waals surface area (Å²) < 4.78 is 29.6. The summed E-state index contributed by atoms with van der Waals surface area (Å²) in [6.45, 7) is 7.76. The topological polar surface area (TPSA) is 156 Å². The number of benzene rings is 3. The van der Waals surface area contributed by atoms with Gasteiger partial charge < -0.3 is 29.6 Å². The molecule has 4 atom stereocenters. The highest BCUT2D eigenvalue weighted by Crippen LogP contribution is 2.53. The summed E-state index contributed by atoms with van der Waals surface area (Å²) in [6, 6.07) is 12.0. The molecule has 3 fully saturated rings. The largest absolute Gasteiger partial charge is 0.505 e. The molecular formula is C42H46FN9O4. The Labute approximate surface area is 323 Å². The standard InChI is InChI=1S/C42H46FN9O4/c1-22(2)36(20-53)52-19-35(49-50-52)26-8-5-24(6-9-26)7-12-29-33(43)15-34-32(17-45-48-34)37(29)38-30(25-10-11-25)14-31-39(40(38)54)46-42(56-21-23(3)55-4)47-41(31)51-18-27-13-28(51)16-44-27/h5-6,8-9,14-15,17,19-20,22-23,25,27-28,36,44,54H,7,10-13,16,18,21H2,1-4H3,(H,45,48)/t23-,27?,28?,36?/m0/s1. The number of phenolic OH excluding ortho intramolecular Hbond substituents is 1. The Morgan fingerprint density at radius 3 is 2.59 bits per heavy atom. The molecule has 56 heavy (non-hydrogen) atoms. The Morgan fingerprint density at radius 1 is 1.07 bits per heavy atom. The Morgan fingerprint density at radius 2 is 1.89 bits per heavy atom. The van der Waals surface area contributed by atoms with Crippen LogP contribution in [0.15, 0.2) is 48.8 Å². The number of aromatic nitrogens is 7. The van der Waals surface area contributed by atoms with E-state index in [2.05, 4.69) is 36.8 Å². The average Bonchev–Trinajstić information content (AvgIpc) is 3.55. The van der Waals surface area contributed by atoms with E-state index in [0.717, 1.165) is 71.9 Å². The van der Waals surface area contributed by atoms with Gasteiger partial charge in [0, 0.05) is 59.7 Å². The summed E-state index contributed by atoms with van der Waals surface area (Å²) in [6.07, 6.45) is 8.08. The number of aromatic hydroxyl groups is 1. The van der Waals surface area contributed by atoms with E-state index in [1.54, 1.807) is 24.2 Å². The molecule has 13 nitrogen and oxygen atoms in total. The van der Waals surface area contributed by atoms with Gasteiger partial charge in [0.25, 0.3) is 0 Å². The molecule has 0 spiro atoms. The number of H-pyrrole nitrogens is 1. The molecule has 0 amide bonds. The number of ether oxygens (including phenoxy) is 2. The third kappa shape index (κ3) is 6.53. The fraction of sp³-hybridized carbons (Fsp3) is 0.429. The number of methoxy groups -OCH3 is 1. The van der Waals surface area contributed by atoms with Gasteiger partial charge in [0.05, 0.1) is 24.0 Å². The molecule has 2 saturated heterocycles. The minimum atomic E-state index is -0.387. The zero-order chi connectivity index (χ0) is 38.7. The number of anilines is 1. The maximum Gasteiger partial charge on any atom is 0.319 e. The van der Waals surface area contributed by atoms with Crippen LogP contribution in [0.1, 0.15) is 68.7 Å². The van der Waals surface area contributed by atoms with E-state index in [0.29, 0.717) is 52.3 Å². The van der Waals surface area contributed by atoms with Gasteiger partial charge in [-0.2, -0.15) is 15.1 Å². The number of aromatic amines is 1. The van der Waals surface area contributed by atoms with Crippen molar-refractivity contribution in [1.82, 2.24) is 40.5 Å². The van der Waals surface area contributed by atoms with E-state index in [9.17, 15) is 9.90 Å². The van der Waals surface area contributed by atoms with Gasteiger partial charge >= 0.3 is 6.01 Å². The van der Waals surface area contributed by atoms with Gasteiger partial charge in [0.1, 0.15) is 47.5 Å². The van der Waals surface area contributed by atoms with Crippen LogP contribution in [0.25, 0.3) is 44.2 Å². The van der Waals surface area contributed by atoms with E-state index >= 15 is 4.39 Å². The molecule has 3 aliphatic rings.